The quantitative estimate of drug-likeness (QED) is 0.906. The van der Waals surface area contributed by atoms with Crippen LogP contribution in [0.5, 0.6) is 5.75 Å². The third-order valence-electron chi connectivity index (χ3n) is 4.40. The molecule has 1 aromatic heterocycles. The first-order valence-electron chi connectivity index (χ1n) is 7.79. The van der Waals surface area contributed by atoms with E-state index in [4.69, 9.17) is 4.74 Å². The first-order chi connectivity index (χ1) is 11.0. The number of carbonyl (C=O) groups excluding carboxylic acids is 1. The second kappa shape index (κ2) is 6.18. The molecule has 0 saturated heterocycles. The fourth-order valence-electron chi connectivity index (χ4n) is 3.17. The third-order valence-corrected chi connectivity index (χ3v) is 4.40. The van der Waals surface area contributed by atoms with E-state index in [-0.39, 0.29) is 31.2 Å². The van der Waals surface area contributed by atoms with Gasteiger partial charge in [-0.05, 0) is 30.5 Å². The summed E-state index contributed by atoms with van der Waals surface area (Å²) in [7, 11) is 1.59. The van der Waals surface area contributed by atoms with Gasteiger partial charge in [-0.15, -0.1) is 0 Å². The molecular weight excluding hydrogens is 302 g/mol. The normalized spacial score (nSPS) is 18.0. The molecule has 1 heterocycles. The lowest BCUT2D eigenvalue weighted by Crippen LogP contribution is -2.40. The fraction of sp³-hybridized carbons (Fsp3) is 0.471. The monoisotopic (exact) mass is 322 g/mol. The van der Waals surface area contributed by atoms with Crippen molar-refractivity contribution in [1.82, 2.24) is 10.3 Å². The number of alkyl halides is 2. The molecule has 1 aromatic carbocycles. The maximum atomic E-state index is 13.1. The first kappa shape index (κ1) is 15.8. The van der Waals surface area contributed by atoms with Gasteiger partial charge in [0.15, 0.2) is 0 Å². The van der Waals surface area contributed by atoms with E-state index in [1.54, 1.807) is 13.3 Å². The van der Waals surface area contributed by atoms with Gasteiger partial charge >= 0.3 is 0 Å². The highest BCUT2D eigenvalue weighted by Gasteiger charge is 2.35. The van der Waals surface area contributed by atoms with E-state index in [1.807, 2.05) is 18.2 Å². The molecule has 2 aromatic rings. The third kappa shape index (κ3) is 3.46. The molecule has 0 atom stereocenters. The molecular formula is C17H20F2N2O2. The van der Waals surface area contributed by atoms with Gasteiger partial charge in [0.25, 0.3) is 0 Å². The van der Waals surface area contributed by atoms with Crippen molar-refractivity contribution >= 4 is 16.8 Å². The van der Waals surface area contributed by atoms with E-state index in [1.165, 1.54) is 0 Å². The first-order valence-corrected chi connectivity index (χ1v) is 7.79. The Morgan fingerprint density at radius 1 is 1.39 bits per heavy atom. The van der Waals surface area contributed by atoms with Crippen LogP contribution in [0.25, 0.3) is 10.9 Å². The lowest BCUT2D eigenvalue weighted by Gasteiger charge is -2.28. The standard InChI is InChI=1S/C17H20F2N2O2/c1-23-14-4-2-3-13-16(14)11(10-20-13)9-15(22)21-12-5-7-17(18,19)8-6-12/h2-4,10,12,20H,5-9H2,1H3,(H,21,22). The summed E-state index contributed by atoms with van der Waals surface area (Å²) in [4.78, 5) is 15.4. The van der Waals surface area contributed by atoms with Crippen LogP contribution in [0.1, 0.15) is 31.2 Å². The van der Waals surface area contributed by atoms with Gasteiger partial charge < -0.3 is 15.0 Å². The molecule has 1 saturated carbocycles. The van der Waals surface area contributed by atoms with Gasteiger partial charge in [-0.3, -0.25) is 4.79 Å². The number of fused-ring (bicyclic) bond motifs is 1. The molecule has 0 aliphatic heterocycles. The van der Waals surface area contributed by atoms with Crippen molar-refractivity contribution in [3.8, 4) is 5.75 Å². The summed E-state index contributed by atoms with van der Waals surface area (Å²) < 4.78 is 31.6. The Balaban J connectivity index is 1.67. The number of halogens is 2. The number of rotatable bonds is 4. The van der Waals surface area contributed by atoms with Crippen molar-refractivity contribution in [2.24, 2.45) is 0 Å². The molecule has 0 spiro atoms. The number of benzene rings is 1. The predicted molar refractivity (Wildman–Crippen MR) is 83.9 cm³/mol. The minimum atomic E-state index is -2.58. The second-order valence-corrected chi connectivity index (χ2v) is 6.07. The molecule has 4 nitrogen and oxygen atoms in total. The summed E-state index contributed by atoms with van der Waals surface area (Å²) in [5.41, 5.74) is 1.75. The van der Waals surface area contributed by atoms with Gasteiger partial charge in [0.05, 0.1) is 13.5 Å². The summed E-state index contributed by atoms with van der Waals surface area (Å²) in [6, 6.07) is 5.49. The Morgan fingerprint density at radius 3 is 2.83 bits per heavy atom. The maximum absolute atomic E-state index is 13.1. The summed E-state index contributed by atoms with van der Waals surface area (Å²) in [6.07, 6.45) is 2.35. The molecule has 1 amide bonds. The minimum Gasteiger partial charge on any atom is -0.496 e. The topological polar surface area (TPSA) is 54.1 Å². The van der Waals surface area contributed by atoms with E-state index >= 15 is 0 Å². The number of hydrogen-bond donors (Lipinski definition) is 2. The van der Waals surface area contributed by atoms with Gasteiger partial charge in [-0.2, -0.15) is 0 Å². The predicted octanol–water partition coefficient (Wildman–Crippen LogP) is 3.41. The molecule has 0 radical (unpaired) electrons. The van der Waals surface area contributed by atoms with Crippen molar-refractivity contribution in [3.05, 3.63) is 30.0 Å². The van der Waals surface area contributed by atoms with Crippen molar-refractivity contribution in [3.63, 3.8) is 0 Å². The van der Waals surface area contributed by atoms with Crippen LogP contribution >= 0.6 is 0 Å². The zero-order chi connectivity index (χ0) is 16.4. The summed E-state index contributed by atoms with van der Waals surface area (Å²) in [5, 5.41) is 3.76. The molecule has 6 heteroatoms. The van der Waals surface area contributed by atoms with Crippen LogP contribution in [0.3, 0.4) is 0 Å². The number of carbonyl (C=O) groups is 1. The van der Waals surface area contributed by atoms with Gasteiger partial charge in [0, 0.05) is 36.0 Å². The van der Waals surface area contributed by atoms with Crippen molar-refractivity contribution < 1.29 is 18.3 Å². The lowest BCUT2D eigenvalue weighted by molar-refractivity contribution is -0.122. The van der Waals surface area contributed by atoms with E-state index in [9.17, 15) is 13.6 Å². The highest BCUT2D eigenvalue weighted by molar-refractivity contribution is 5.93. The summed E-state index contributed by atoms with van der Waals surface area (Å²) in [5.74, 6) is -2.01. The van der Waals surface area contributed by atoms with Crippen LogP contribution in [-0.4, -0.2) is 30.0 Å². The van der Waals surface area contributed by atoms with Crippen molar-refractivity contribution in [2.75, 3.05) is 7.11 Å². The average molecular weight is 322 g/mol. The zero-order valence-corrected chi connectivity index (χ0v) is 13.0. The Labute approximate surface area is 133 Å². The smallest absolute Gasteiger partial charge is 0.248 e. The molecule has 3 rings (SSSR count). The van der Waals surface area contributed by atoms with Gasteiger partial charge in [0.2, 0.25) is 11.8 Å². The van der Waals surface area contributed by atoms with Crippen molar-refractivity contribution in [2.45, 2.75) is 44.1 Å². The maximum Gasteiger partial charge on any atom is 0.248 e. The van der Waals surface area contributed by atoms with Gasteiger partial charge in [-0.1, -0.05) is 6.07 Å². The zero-order valence-electron chi connectivity index (χ0n) is 13.0. The minimum absolute atomic E-state index is 0.146. The number of aromatic amines is 1. The molecule has 124 valence electrons. The Morgan fingerprint density at radius 2 is 2.13 bits per heavy atom. The molecule has 2 N–H and O–H groups in total. The number of aromatic nitrogens is 1. The summed E-state index contributed by atoms with van der Waals surface area (Å²) in [6.45, 7) is 0. The Kier molecular flexibility index (Phi) is 4.24. The molecule has 1 aliphatic carbocycles. The number of methoxy groups -OCH3 is 1. The number of amides is 1. The Bertz CT molecular complexity index is 702. The highest BCUT2D eigenvalue weighted by atomic mass is 19.3. The second-order valence-electron chi connectivity index (χ2n) is 6.07. The highest BCUT2D eigenvalue weighted by Crippen LogP contribution is 2.33. The number of hydrogen-bond acceptors (Lipinski definition) is 2. The number of H-pyrrole nitrogens is 1. The van der Waals surface area contributed by atoms with E-state index in [0.29, 0.717) is 18.6 Å². The van der Waals surface area contributed by atoms with E-state index in [2.05, 4.69) is 10.3 Å². The van der Waals surface area contributed by atoms with E-state index < -0.39 is 5.92 Å². The van der Waals surface area contributed by atoms with Crippen LogP contribution < -0.4 is 10.1 Å². The van der Waals surface area contributed by atoms with Gasteiger partial charge in [-0.25, -0.2) is 8.78 Å². The molecule has 1 fully saturated rings. The van der Waals surface area contributed by atoms with Crippen LogP contribution in [-0.2, 0) is 11.2 Å². The van der Waals surface area contributed by atoms with E-state index in [0.717, 1.165) is 16.5 Å². The largest absolute Gasteiger partial charge is 0.496 e. The van der Waals surface area contributed by atoms with Gasteiger partial charge in [0.1, 0.15) is 5.75 Å². The average Bonchev–Trinajstić information content (AvgIpc) is 2.92. The van der Waals surface area contributed by atoms with Crippen LogP contribution in [0.2, 0.25) is 0 Å². The van der Waals surface area contributed by atoms with Crippen molar-refractivity contribution in [1.29, 1.82) is 0 Å². The molecule has 0 unspecified atom stereocenters. The fourth-order valence-corrected chi connectivity index (χ4v) is 3.17. The summed E-state index contributed by atoms with van der Waals surface area (Å²) >= 11 is 0. The Hall–Kier alpha value is -2.11. The SMILES string of the molecule is COc1cccc2[nH]cc(CC(=O)NC3CCC(F)(F)CC3)c12. The lowest BCUT2D eigenvalue weighted by atomic mass is 9.92. The molecule has 1 aliphatic rings. The van der Waals surface area contributed by atoms with Crippen LogP contribution in [0.15, 0.2) is 24.4 Å². The molecule has 0 bridgehead atoms. The number of ether oxygens (including phenoxy) is 1. The van der Waals surface area contributed by atoms with Crippen LogP contribution in [0, 0.1) is 0 Å². The van der Waals surface area contributed by atoms with Crippen LogP contribution in [0.4, 0.5) is 8.78 Å². The number of nitrogens with one attached hydrogen (secondary N) is 2. The molecule has 23 heavy (non-hydrogen) atoms.